The Morgan fingerprint density at radius 2 is 0.912 bits per heavy atom. The zero-order valence-electron chi connectivity index (χ0n) is 28.8. The standard InChI is InChI=1S/C14H12N2O4.2C12H5F5N.Ir/c1-19-13(17)9-3-5-15-11(7-9)12-8-10(4-6-16-12)14(18)20-2;2*13-8-2-3-9(10(14)5-8)11-4-1-7(6-18-11)12(15,16)17;/h3-8H,1-2H3;2*1-2,4-6H;/q;2*-1;. The van der Waals surface area contributed by atoms with Gasteiger partial charge in [-0.25, -0.2) is 9.59 Å². The van der Waals surface area contributed by atoms with Crippen molar-refractivity contribution >= 4 is 11.9 Å². The largest absolute Gasteiger partial charge is 0.465 e. The van der Waals surface area contributed by atoms with Gasteiger partial charge in [0.05, 0.1) is 47.9 Å². The molecule has 4 heterocycles. The van der Waals surface area contributed by atoms with Gasteiger partial charge in [0.2, 0.25) is 0 Å². The third-order valence-electron chi connectivity index (χ3n) is 7.03. The molecule has 0 saturated carbocycles. The maximum atomic E-state index is 13.3. The summed E-state index contributed by atoms with van der Waals surface area (Å²) in [4.78, 5) is 38.2. The third kappa shape index (κ3) is 12.5. The summed E-state index contributed by atoms with van der Waals surface area (Å²) >= 11 is 0. The van der Waals surface area contributed by atoms with Crippen molar-refractivity contribution in [1.29, 1.82) is 0 Å². The molecule has 1 radical (unpaired) electrons. The minimum atomic E-state index is -4.50. The van der Waals surface area contributed by atoms with Crippen molar-refractivity contribution in [2.75, 3.05) is 14.2 Å². The quantitative estimate of drug-likeness (QED) is 0.0957. The Morgan fingerprint density at radius 3 is 1.19 bits per heavy atom. The van der Waals surface area contributed by atoms with Gasteiger partial charge in [-0.05, 0) is 35.7 Å². The average molecular weight is 981 g/mol. The van der Waals surface area contributed by atoms with Crippen molar-refractivity contribution in [2.45, 2.75) is 12.4 Å². The van der Waals surface area contributed by atoms with E-state index in [-0.39, 0.29) is 42.6 Å². The molecule has 6 rings (SSSR count). The van der Waals surface area contributed by atoms with Crippen LogP contribution in [0.25, 0.3) is 33.9 Å². The molecule has 0 fully saturated rings. The number of benzene rings is 2. The molecule has 57 heavy (non-hydrogen) atoms. The molecule has 0 N–H and O–H groups in total. The summed E-state index contributed by atoms with van der Waals surface area (Å²) in [7, 11) is 2.61. The maximum Gasteiger partial charge on any atom is 0.417 e. The first-order chi connectivity index (χ1) is 26.4. The first kappa shape index (κ1) is 45.3. The number of halogens is 10. The van der Waals surface area contributed by atoms with E-state index in [4.69, 9.17) is 0 Å². The number of rotatable bonds is 5. The van der Waals surface area contributed by atoms with Crippen LogP contribution in [0.4, 0.5) is 43.9 Å². The summed E-state index contributed by atoms with van der Waals surface area (Å²) in [5.74, 6) is -4.41. The fraction of sp³-hybridized carbons (Fsp3) is 0.105. The smallest absolute Gasteiger partial charge is 0.417 e. The van der Waals surface area contributed by atoms with E-state index in [0.717, 1.165) is 36.4 Å². The molecular formula is C38H22F10IrN4O4-2. The fourth-order valence-electron chi connectivity index (χ4n) is 4.33. The number of hydrogen-bond donors (Lipinski definition) is 0. The second-order valence-electron chi connectivity index (χ2n) is 10.8. The first-order valence-corrected chi connectivity index (χ1v) is 15.3. The van der Waals surface area contributed by atoms with Crippen molar-refractivity contribution < 1.29 is 83.1 Å². The summed E-state index contributed by atoms with van der Waals surface area (Å²) in [5.41, 5.74) is -0.637. The zero-order chi connectivity index (χ0) is 41.2. The van der Waals surface area contributed by atoms with Crippen LogP contribution in [0.2, 0.25) is 0 Å². The van der Waals surface area contributed by atoms with Crippen molar-refractivity contribution in [3.63, 3.8) is 0 Å². The molecule has 0 atom stereocenters. The molecule has 0 amide bonds. The number of aromatic nitrogens is 4. The second-order valence-corrected chi connectivity index (χ2v) is 10.8. The molecule has 0 aliphatic rings. The van der Waals surface area contributed by atoms with Crippen LogP contribution in [-0.2, 0) is 41.9 Å². The third-order valence-corrected chi connectivity index (χ3v) is 7.03. The van der Waals surface area contributed by atoms with E-state index in [9.17, 15) is 53.5 Å². The van der Waals surface area contributed by atoms with Crippen LogP contribution < -0.4 is 0 Å². The molecule has 2 aromatic carbocycles. The molecule has 0 unspecified atom stereocenters. The topological polar surface area (TPSA) is 104 Å². The molecule has 0 spiro atoms. The van der Waals surface area contributed by atoms with Crippen molar-refractivity contribution in [3.8, 4) is 33.9 Å². The van der Waals surface area contributed by atoms with Gasteiger partial charge >= 0.3 is 24.3 Å². The van der Waals surface area contributed by atoms with E-state index in [2.05, 4.69) is 41.5 Å². The fourth-order valence-corrected chi connectivity index (χ4v) is 4.33. The van der Waals surface area contributed by atoms with Crippen LogP contribution in [0.3, 0.4) is 0 Å². The summed E-state index contributed by atoms with van der Waals surface area (Å²) in [5, 5.41) is 0. The van der Waals surface area contributed by atoms with Crippen molar-refractivity contribution in [3.05, 3.63) is 155 Å². The van der Waals surface area contributed by atoms with Crippen LogP contribution in [0, 0.1) is 35.4 Å². The van der Waals surface area contributed by atoms with Crippen LogP contribution in [0.5, 0.6) is 0 Å². The minimum absolute atomic E-state index is 0. The van der Waals surface area contributed by atoms with Gasteiger partial charge < -0.3 is 19.4 Å². The monoisotopic (exact) mass is 981 g/mol. The number of alkyl halides is 6. The Morgan fingerprint density at radius 1 is 0.544 bits per heavy atom. The molecule has 19 heteroatoms. The Balaban J connectivity index is 0.000000227. The number of methoxy groups -OCH3 is 2. The summed E-state index contributed by atoms with van der Waals surface area (Å²) in [6.07, 6.45) is -4.87. The predicted molar refractivity (Wildman–Crippen MR) is 177 cm³/mol. The van der Waals surface area contributed by atoms with Crippen LogP contribution >= 0.6 is 0 Å². The molecule has 0 aliphatic carbocycles. The van der Waals surface area contributed by atoms with Gasteiger partial charge in [-0.3, -0.25) is 27.5 Å². The number of hydrogen-bond acceptors (Lipinski definition) is 8. The molecule has 0 aliphatic heterocycles. The number of nitrogens with zero attached hydrogens (tertiary/aromatic N) is 4. The van der Waals surface area contributed by atoms with Gasteiger partial charge in [-0.15, -0.1) is 24.3 Å². The van der Waals surface area contributed by atoms with E-state index >= 15 is 0 Å². The van der Waals surface area contributed by atoms with Crippen molar-refractivity contribution in [1.82, 2.24) is 19.9 Å². The summed E-state index contributed by atoms with van der Waals surface area (Å²) in [6, 6.07) is 17.3. The Labute approximate surface area is 329 Å². The predicted octanol–water partition coefficient (Wildman–Crippen LogP) is 9.41. The molecule has 6 aromatic rings. The minimum Gasteiger partial charge on any atom is -0.465 e. The van der Waals surface area contributed by atoms with E-state index in [0.29, 0.717) is 47.0 Å². The maximum absolute atomic E-state index is 13.3. The van der Waals surface area contributed by atoms with E-state index in [1.807, 2.05) is 0 Å². The molecule has 4 aromatic heterocycles. The van der Waals surface area contributed by atoms with Gasteiger partial charge in [0.15, 0.2) is 0 Å². The SMILES string of the molecule is COC(=O)c1ccnc(-c2cc(C(=O)OC)ccn2)c1.Fc1c[c-]c(-c2ccc(C(F)(F)F)cn2)c(F)c1.Fc1c[c-]c(-c2ccc(C(F)(F)F)cn2)c(F)c1.[Ir]. The van der Waals surface area contributed by atoms with Gasteiger partial charge in [-0.2, -0.15) is 26.3 Å². The average Bonchev–Trinajstić information content (AvgIpc) is 3.17. The zero-order valence-corrected chi connectivity index (χ0v) is 31.2. The number of ether oxygens (including phenoxy) is 2. The molecule has 0 bridgehead atoms. The molecule has 8 nitrogen and oxygen atoms in total. The Hall–Kier alpha value is -6.07. The molecule has 299 valence electrons. The van der Waals surface area contributed by atoms with Gasteiger partial charge in [-0.1, -0.05) is 47.5 Å². The Bertz CT molecular complexity index is 2150. The second kappa shape index (κ2) is 19.7. The molecule has 0 saturated heterocycles. The first-order valence-electron chi connectivity index (χ1n) is 15.3. The Kier molecular flexibility index (Phi) is 15.6. The van der Waals surface area contributed by atoms with Crippen LogP contribution in [0.15, 0.2) is 97.6 Å². The normalized spacial score (nSPS) is 10.8. The number of carbonyl (C=O) groups is 2. The van der Waals surface area contributed by atoms with Gasteiger partial charge in [0.25, 0.3) is 0 Å². The summed E-state index contributed by atoms with van der Waals surface area (Å²) < 4.78 is 135. The van der Waals surface area contributed by atoms with Crippen LogP contribution in [0.1, 0.15) is 31.8 Å². The van der Waals surface area contributed by atoms with Crippen LogP contribution in [-0.4, -0.2) is 46.1 Å². The molecular weight excluding hydrogens is 959 g/mol. The number of carbonyl (C=O) groups excluding carboxylic acids is 2. The van der Waals surface area contributed by atoms with E-state index < -0.39 is 58.7 Å². The van der Waals surface area contributed by atoms with E-state index in [1.165, 1.54) is 26.6 Å². The van der Waals surface area contributed by atoms with Crippen molar-refractivity contribution in [2.24, 2.45) is 0 Å². The number of esters is 2. The van der Waals surface area contributed by atoms with E-state index in [1.54, 1.807) is 24.3 Å². The van der Waals surface area contributed by atoms with Gasteiger partial charge in [0.1, 0.15) is 0 Å². The summed E-state index contributed by atoms with van der Waals surface area (Å²) in [6.45, 7) is 0. The van der Waals surface area contributed by atoms with Gasteiger partial charge in [0, 0.05) is 68.2 Å². The number of pyridine rings is 4.